The van der Waals surface area contributed by atoms with Crippen LogP contribution in [0.3, 0.4) is 0 Å². The van der Waals surface area contributed by atoms with Crippen molar-refractivity contribution < 1.29 is 19.1 Å². The van der Waals surface area contributed by atoms with Crippen LogP contribution in [-0.2, 0) is 11.2 Å². The number of nitrogens with one attached hydrogen (secondary N) is 1. The van der Waals surface area contributed by atoms with Crippen molar-refractivity contribution in [3.63, 3.8) is 0 Å². The van der Waals surface area contributed by atoms with Crippen molar-refractivity contribution in [3.8, 4) is 28.4 Å². The van der Waals surface area contributed by atoms with Gasteiger partial charge >= 0.3 is 0 Å². The second-order valence-corrected chi connectivity index (χ2v) is 10.6. The topological polar surface area (TPSA) is 106 Å². The largest absolute Gasteiger partial charge is 0.491 e. The molecule has 0 saturated carbocycles. The predicted molar refractivity (Wildman–Crippen MR) is 145 cm³/mol. The molecule has 2 aromatic heterocycles. The lowest BCUT2D eigenvalue weighted by molar-refractivity contribution is -0.0762. The third-order valence-electron chi connectivity index (χ3n) is 7.66. The molecule has 0 radical (unpaired) electrons. The maximum absolute atomic E-state index is 10.0. The minimum atomic E-state index is -0.585. The number of likely N-dealkylation sites (tertiary alicyclic amines) is 1. The zero-order chi connectivity index (χ0) is 26.6. The van der Waals surface area contributed by atoms with Gasteiger partial charge in [-0.3, -0.25) is 4.90 Å². The van der Waals surface area contributed by atoms with E-state index in [1.54, 1.807) is 7.05 Å². The number of benzene rings is 1. The number of aryl methyl sites for hydroxylation is 2. The summed E-state index contributed by atoms with van der Waals surface area (Å²) in [5.41, 5.74) is 5.65. The Morgan fingerprint density at radius 2 is 2.05 bits per heavy atom. The van der Waals surface area contributed by atoms with Crippen LogP contribution >= 0.6 is 0 Å². The Bertz CT molecular complexity index is 1220. The van der Waals surface area contributed by atoms with Crippen LogP contribution in [0.4, 0.5) is 0 Å². The van der Waals surface area contributed by atoms with E-state index < -0.39 is 6.10 Å². The summed E-state index contributed by atoms with van der Waals surface area (Å²) >= 11 is 0. The van der Waals surface area contributed by atoms with E-state index in [2.05, 4.69) is 22.3 Å². The van der Waals surface area contributed by atoms with Gasteiger partial charge in [-0.15, -0.1) is 0 Å². The molecule has 4 heterocycles. The summed E-state index contributed by atoms with van der Waals surface area (Å²) in [6.45, 7) is 10.6. The van der Waals surface area contributed by atoms with Crippen LogP contribution < -0.4 is 10.1 Å². The van der Waals surface area contributed by atoms with Crippen molar-refractivity contribution in [1.29, 1.82) is 0 Å². The highest BCUT2D eigenvalue weighted by atomic mass is 16.5. The minimum absolute atomic E-state index is 0.207. The number of piperidine rings is 1. The molecule has 5 rings (SSSR count). The van der Waals surface area contributed by atoms with Gasteiger partial charge in [0.1, 0.15) is 24.2 Å². The Morgan fingerprint density at radius 1 is 1.21 bits per heavy atom. The Morgan fingerprint density at radius 3 is 2.76 bits per heavy atom. The second-order valence-electron chi connectivity index (χ2n) is 10.6. The molecular weight excluding hydrogens is 482 g/mol. The normalized spacial score (nSPS) is 19.3. The molecule has 38 heavy (non-hydrogen) atoms. The van der Waals surface area contributed by atoms with Crippen LogP contribution in [0, 0.1) is 26.7 Å². The summed E-state index contributed by atoms with van der Waals surface area (Å²) in [4.78, 5) is 12.7. The molecule has 1 aromatic carbocycles. The van der Waals surface area contributed by atoms with Gasteiger partial charge in [-0.05, 0) is 77.2 Å². The van der Waals surface area contributed by atoms with Gasteiger partial charge in [0, 0.05) is 24.3 Å². The fourth-order valence-electron chi connectivity index (χ4n) is 5.47. The molecule has 2 fully saturated rings. The number of ether oxygens (including phenoxy) is 2. The molecule has 2 aliphatic rings. The minimum Gasteiger partial charge on any atom is -0.491 e. The maximum atomic E-state index is 10.0. The molecule has 2 saturated heterocycles. The third kappa shape index (κ3) is 5.91. The highest BCUT2D eigenvalue weighted by Crippen LogP contribution is 2.34. The standard InChI is InChI=1S/C29H39N5O4/c1-18-26(11-21-7-6-10-34(14-21)23-15-36-16-23)31-29(32-28(18)27-19(2)33-38-20(27)3)22-8-5-9-25(12-22)37-17-24(35)13-30-4/h5,8-9,12,21,23-24,30,35H,6-7,10-11,13-17H2,1-4H3. The number of aliphatic hydroxyl groups is 1. The van der Waals surface area contributed by atoms with E-state index in [-0.39, 0.29) is 6.61 Å². The summed E-state index contributed by atoms with van der Waals surface area (Å²) in [6.07, 6.45) is 2.71. The first kappa shape index (κ1) is 26.7. The Hall–Kier alpha value is -2.85. The zero-order valence-corrected chi connectivity index (χ0v) is 22.9. The molecule has 2 aliphatic heterocycles. The van der Waals surface area contributed by atoms with Gasteiger partial charge in [-0.1, -0.05) is 17.3 Å². The smallest absolute Gasteiger partial charge is 0.160 e. The van der Waals surface area contributed by atoms with Crippen molar-refractivity contribution in [2.45, 2.75) is 52.2 Å². The zero-order valence-electron chi connectivity index (χ0n) is 22.9. The Balaban J connectivity index is 1.47. The molecule has 3 aromatic rings. The van der Waals surface area contributed by atoms with Gasteiger partial charge < -0.3 is 24.4 Å². The molecule has 0 spiro atoms. The van der Waals surface area contributed by atoms with Crippen molar-refractivity contribution in [2.24, 2.45) is 5.92 Å². The monoisotopic (exact) mass is 521 g/mol. The van der Waals surface area contributed by atoms with Gasteiger partial charge in [0.25, 0.3) is 0 Å². The molecular formula is C29H39N5O4. The van der Waals surface area contributed by atoms with E-state index in [0.717, 1.165) is 72.3 Å². The number of likely N-dealkylation sites (N-methyl/N-ethyl adjacent to an activating group) is 1. The molecule has 2 unspecified atom stereocenters. The van der Waals surface area contributed by atoms with E-state index in [0.29, 0.717) is 30.1 Å². The molecule has 0 amide bonds. The number of hydrogen-bond donors (Lipinski definition) is 2. The summed E-state index contributed by atoms with van der Waals surface area (Å²) in [6, 6.07) is 8.33. The van der Waals surface area contributed by atoms with Crippen molar-refractivity contribution in [2.75, 3.05) is 46.5 Å². The average Bonchev–Trinajstić information content (AvgIpc) is 3.21. The van der Waals surface area contributed by atoms with E-state index in [9.17, 15) is 5.11 Å². The van der Waals surface area contributed by atoms with Crippen molar-refractivity contribution in [3.05, 3.63) is 47.0 Å². The van der Waals surface area contributed by atoms with Gasteiger partial charge in [0.2, 0.25) is 0 Å². The first-order valence-corrected chi connectivity index (χ1v) is 13.6. The number of hydrogen-bond acceptors (Lipinski definition) is 9. The van der Waals surface area contributed by atoms with E-state index in [1.165, 1.54) is 12.8 Å². The molecule has 0 aliphatic carbocycles. The highest BCUT2D eigenvalue weighted by Gasteiger charge is 2.31. The summed E-state index contributed by atoms with van der Waals surface area (Å²) in [7, 11) is 1.80. The average molecular weight is 522 g/mol. The van der Waals surface area contributed by atoms with E-state index in [4.69, 9.17) is 24.0 Å². The van der Waals surface area contributed by atoms with Crippen LogP contribution in [0.2, 0.25) is 0 Å². The summed E-state index contributed by atoms with van der Waals surface area (Å²) < 4.78 is 16.8. The fourth-order valence-corrected chi connectivity index (χ4v) is 5.47. The maximum Gasteiger partial charge on any atom is 0.160 e. The van der Waals surface area contributed by atoms with E-state index in [1.807, 2.05) is 38.1 Å². The second kappa shape index (κ2) is 11.9. The van der Waals surface area contributed by atoms with Crippen molar-refractivity contribution >= 4 is 0 Å². The Kier molecular flexibility index (Phi) is 8.38. The number of aromatic nitrogens is 3. The quantitative estimate of drug-likeness (QED) is 0.415. The van der Waals surface area contributed by atoms with Crippen LogP contribution in [0.1, 0.15) is 35.6 Å². The highest BCUT2D eigenvalue weighted by molar-refractivity contribution is 5.71. The summed E-state index contributed by atoms with van der Waals surface area (Å²) in [5.74, 6) is 2.62. The van der Waals surface area contributed by atoms with Crippen molar-refractivity contribution in [1.82, 2.24) is 25.3 Å². The fraction of sp³-hybridized carbons (Fsp3) is 0.552. The first-order chi connectivity index (χ1) is 18.4. The Labute approximate surface area is 224 Å². The van der Waals surface area contributed by atoms with E-state index >= 15 is 0 Å². The molecule has 9 heteroatoms. The van der Waals surface area contributed by atoms with Crippen LogP contribution in [0.15, 0.2) is 28.8 Å². The van der Waals surface area contributed by atoms with Crippen LogP contribution in [0.25, 0.3) is 22.6 Å². The number of rotatable bonds is 10. The molecule has 204 valence electrons. The number of aliphatic hydroxyl groups excluding tert-OH is 1. The third-order valence-corrected chi connectivity index (χ3v) is 7.66. The van der Waals surface area contributed by atoms with Gasteiger partial charge in [-0.25, -0.2) is 9.97 Å². The molecule has 0 bridgehead atoms. The SMILES string of the molecule is CNCC(O)COc1cccc(-c2nc(CC3CCCN(C4COC4)C3)c(C)c(-c3c(C)noc3C)n2)c1. The predicted octanol–water partition coefficient (Wildman–Crippen LogP) is 3.34. The number of nitrogens with zero attached hydrogens (tertiary/aromatic N) is 4. The van der Waals surface area contributed by atoms with Crippen LogP contribution in [-0.4, -0.2) is 83.8 Å². The lowest BCUT2D eigenvalue weighted by atomic mass is 9.90. The first-order valence-electron chi connectivity index (χ1n) is 13.6. The van der Waals surface area contributed by atoms with Crippen LogP contribution in [0.5, 0.6) is 5.75 Å². The molecule has 9 nitrogen and oxygen atoms in total. The van der Waals surface area contributed by atoms with Gasteiger partial charge in [0.05, 0.1) is 36.2 Å². The van der Waals surface area contributed by atoms with Gasteiger partial charge in [-0.2, -0.15) is 0 Å². The summed E-state index contributed by atoms with van der Waals surface area (Å²) in [5, 5.41) is 17.2. The van der Waals surface area contributed by atoms with Gasteiger partial charge in [0.15, 0.2) is 5.82 Å². The molecule has 2 N–H and O–H groups in total. The molecule has 2 atom stereocenters. The lowest BCUT2D eigenvalue weighted by Gasteiger charge is -2.42. The lowest BCUT2D eigenvalue weighted by Crippen LogP contribution is -2.52.